The van der Waals surface area contributed by atoms with E-state index in [9.17, 15) is 0 Å². The van der Waals surface area contributed by atoms with Crippen LogP contribution in [0.3, 0.4) is 0 Å². The number of nitrogens with zero attached hydrogens (tertiary/aromatic N) is 2. The molecule has 1 unspecified atom stereocenters. The third kappa shape index (κ3) is 2.61. The van der Waals surface area contributed by atoms with Crippen LogP contribution in [0.1, 0.15) is 16.6 Å². The van der Waals surface area contributed by atoms with Crippen molar-refractivity contribution in [3.8, 4) is 0 Å². The van der Waals surface area contributed by atoms with E-state index in [1.165, 1.54) is 5.56 Å². The van der Waals surface area contributed by atoms with Crippen molar-refractivity contribution in [1.82, 2.24) is 15.5 Å². The van der Waals surface area contributed by atoms with Crippen molar-refractivity contribution in [3.63, 3.8) is 0 Å². The van der Waals surface area contributed by atoms with Crippen LogP contribution in [0.2, 0.25) is 0 Å². The predicted molar refractivity (Wildman–Crippen MR) is 61.9 cm³/mol. The molecule has 15 heavy (non-hydrogen) atoms. The first-order valence-electron chi connectivity index (χ1n) is 4.87. The molecule has 0 saturated carbocycles. The van der Waals surface area contributed by atoms with Crippen LogP contribution in [-0.4, -0.2) is 17.2 Å². The Balaban J connectivity index is 2.12. The van der Waals surface area contributed by atoms with Gasteiger partial charge in [-0.15, -0.1) is 21.5 Å². The first kappa shape index (κ1) is 10.3. The van der Waals surface area contributed by atoms with Gasteiger partial charge in [-0.1, -0.05) is 30.3 Å². The molecule has 3 nitrogen and oxygen atoms in total. The summed E-state index contributed by atoms with van der Waals surface area (Å²) in [6, 6.07) is 10.7. The monoisotopic (exact) mass is 219 g/mol. The number of nitrogens with one attached hydrogen (secondary N) is 1. The van der Waals surface area contributed by atoms with Crippen molar-refractivity contribution in [2.75, 3.05) is 7.05 Å². The largest absolute Gasteiger partial charge is 0.313 e. The summed E-state index contributed by atoms with van der Waals surface area (Å²) >= 11 is 1.60. The van der Waals surface area contributed by atoms with Crippen LogP contribution in [0.4, 0.5) is 0 Å². The summed E-state index contributed by atoms with van der Waals surface area (Å²) < 4.78 is 0. The number of hydrogen-bond donors (Lipinski definition) is 1. The van der Waals surface area contributed by atoms with Crippen LogP contribution >= 0.6 is 11.3 Å². The van der Waals surface area contributed by atoms with Crippen molar-refractivity contribution >= 4 is 11.3 Å². The molecule has 2 aromatic rings. The fourth-order valence-electron chi connectivity index (χ4n) is 1.53. The quantitative estimate of drug-likeness (QED) is 0.855. The van der Waals surface area contributed by atoms with Crippen LogP contribution in [0.25, 0.3) is 0 Å². The molecule has 0 aliphatic heterocycles. The molecule has 0 aliphatic carbocycles. The highest BCUT2D eigenvalue weighted by Crippen LogP contribution is 2.18. The highest BCUT2D eigenvalue weighted by atomic mass is 32.1. The molecule has 2 rings (SSSR count). The predicted octanol–water partition coefficient (Wildman–Crippen LogP) is 2.04. The second-order valence-corrected chi connectivity index (χ2v) is 4.21. The van der Waals surface area contributed by atoms with Gasteiger partial charge >= 0.3 is 0 Å². The van der Waals surface area contributed by atoms with Crippen LogP contribution < -0.4 is 5.32 Å². The van der Waals surface area contributed by atoms with Gasteiger partial charge in [0.25, 0.3) is 0 Å². The van der Waals surface area contributed by atoms with E-state index < -0.39 is 0 Å². The molecule has 1 atom stereocenters. The van der Waals surface area contributed by atoms with E-state index in [1.807, 2.05) is 13.1 Å². The van der Waals surface area contributed by atoms with Crippen LogP contribution in [0.15, 0.2) is 35.8 Å². The minimum absolute atomic E-state index is 0.319. The topological polar surface area (TPSA) is 37.8 Å². The molecule has 0 aliphatic rings. The molecular formula is C11H13N3S. The van der Waals surface area contributed by atoms with Crippen molar-refractivity contribution in [1.29, 1.82) is 0 Å². The molecule has 1 N–H and O–H groups in total. The van der Waals surface area contributed by atoms with Crippen LogP contribution in [0.5, 0.6) is 0 Å². The Hall–Kier alpha value is -1.26. The van der Waals surface area contributed by atoms with Crippen molar-refractivity contribution in [2.24, 2.45) is 0 Å². The summed E-state index contributed by atoms with van der Waals surface area (Å²) in [6.07, 6.45) is 0.894. The number of benzene rings is 1. The molecule has 1 aromatic carbocycles. The Morgan fingerprint density at radius 3 is 2.73 bits per heavy atom. The third-order valence-corrected chi connectivity index (χ3v) is 3.05. The molecule has 1 aromatic heterocycles. The van der Waals surface area contributed by atoms with Gasteiger partial charge in [0.2, 0.25) is 0 Å². The molecule has 0 spiro atoms. The summed E-state index contributed by atoms with van der Waals surface area (Å²) in [5, 5.41) is 12.3. The average molecular weight is 219 g/mol. The molecule has 4 heteroatoms. The second kappa shape index (κ2) is 5.00. The zero-order valence-electron chi connectivity index (χ0n) is 8.55. The summed E-state index contributed by atoms with van der Waals surface area (Å²) in [6.45, 7) is 0. The van der Waals surface area contributed by atoms with E-state index in [1.54, 1.807) is 16.8 Å². The molecule has 0 radical (unpaired) electrons. The average Bonchev–Trinajstić information content (AvgIpc) is 2.80. The van der Waals surface area contributed by atoms with E-state index in [-0.39, 0.29) is 0 Å². The van der Waals surface area contributed by atoms with Crippen molar-refractivity contribution < 1.29 is 0 Å². The maximum atomic E-state index is 4.06. The minimum Gasteiger partial charge on any atom is -0.313 e. The summed E-state index contributed by atoms with van der Waals surface area (Å²) in [4.78, 5) is 0. The van der Waals surface area contributed by atoms with Crippen molar-refractivity contribution in [3.05, 3.63) is 46.4 Å². The molecular weight excluding hydrogens is 206 g/mol. The van der Waals surface area contributed by atoms with Gasteiger partial charge in [0.15, 0.2) is 0 Å². The first-order valence-corrected chi connectivity index (χ1v) is 5.75. The number of likely N-dealkylation sites (N-methyl/N-ethyl adjacent to an activating group) is 1. The minimum atomic E-state index is 0.319. The fourth-order valence-corrected chi connectivity index (χ4v) is 2.10. The molecule has 0 saturated heterocycles. The normalized spacial score (nSPS) is 12.6. The van der Waals surface area contributed by atoms with Gasteiger partial charge in [-0.25, -0.2) is 0 Å². The zero-order chi connectivity index (χ0) is 10.5. The number of rotatable bonds is 4. The third-order valence-electron chi connectivity index (χ3n) is 2.33. The molecule has 0 amide bonds. The lowest BCUT2D eigenvalue weighted by Gasteiger charge is -2.14. The Morgan fingerprint density at radius 1 is 1.33 bits per heavy atom. The van der Waals surface area contributed by atoms with E-state index in [4.69, 9.17) is 0 Å². The van der Waals surface area contributed by atoms with Gasteiger partial charge < -0.3 is 5.32 Å². The van der Waals surface area contributed by atoms with Crippen molar-refractivity contribution in [2.45, 2.75) is 12.5 Å². The molecule has 0 fully saturated rings. The highest BCUT2D eigenvalue weighted by molar-refractivity contribution is 7.09. The van der Waals surface area contributed by atoms with Crippen LogP contribution in [0, 0.1) is 0 Å². The Kier molecular flexibility index (Phi) is 3.42. The van der Waals surface area contributed by atoms with E-state index in [2.05, 4.69) is 39.8 Å². The Labute approximate surface area is 93.2 Å². The maximum absolute atomic E-state index is 4.06. The maximum Gasteiger partial charge on any atom is 0.119 e. The molecule has 0 bridgehead atoms. The standard InChI is InChI=1S/C11H13N3S/c1-12-10(7-11-14-13-8-15-11)9-5-3-2-4-6-9/h2-6,8,10,12H,7H2,1H3. The lowest BCUT2D eigenvalue weighted by atomic mass is 10.0. The van der Waals surface area contributed by atoms with Gasteiger partial charge in [-0.2, -0.15) is 0 Å². The van der Waals surface area contributed by atoms with E-state index in [0.717, 1.165) is 11.4 Å². The van der Waals surface area contributed by atoms with Gasteiger partial charge in [-0.3, -0.25) is 0 Å². The van der Waals surface area contributed by atoms with Gasteiger partial charge in [0.1, 0.15) is 10.5 Å². The van der Waals surface area contributed by atoms with Gasteiger partial charge in [-0.05, 0) is 12.6 Å². The summed E-state index contributed by atoms with van der Waals surface area (Å²) in [5.41, 5.74) is 3.06. The highest BCUT2D eigenvalue weighted by Gasteiger charge is 2.11. The first-order chi connectivity index (χ1) is 7.40. The smallest absolute Gasteiger partial charge is 0.119 e. The molecule has 78 valence electrons. The lowest BCUT2D eigenvalue weighted by molar-refractivity contribution is 0.588. The Bertz CT molecular complexity index is 385. The summed E-state index contributed by atoms with van der Waals surface area (Å²) in [5.74, 6) is 0. The molecule has 1 heterocycles. The van der Waals surface area contributed by atoms with Gasteiger partial charge in [0.05, 0.1) is 0 Å². The lowest BCUT2D eigenvalue weighted by Crippen LogP contribution is -2.18. The van der Waals surface area contributed by atoms with Crippen LogP contribution in [-0.2, 0) is 6.42 Å². The Morgan fingerprint density at radius 2 is 2.13 bits per heavy atom. The fraction of sp³-hybridized carbons (Fsp3) is 0.273. The summed E-state index contributed by atoms with van der Waals surface area (Å²) in [7, 11) is 1.97. The number of hydrogen-bond acceptors (Lipinski definition) is 4. The van der Waals surface area contributed by atoms with E-state index in [0.29, 0.717) is 6.04 Å². The zero-order valence-corrected chi connectivity index (χ0v) is 9.37. The van der Waals surface area contributed by atoms with E-state index >= 15 is 0 Å². The number of aromatic nitrogens is 2. The SMILES string of the molecule is CNC(Cc1nncs1)c1ccccc1. The second-order valence-electron chi connectivity index (χ2n) is 3.29. The van der Waals surface area contributed by atoms with Gasteiger partial charge in [0, 0.05) is 12.5 Å².